The molecule has 0 amide bonds. The number of hydrogen-bond acceptors (Lipinski definition) is 3. The quantitative estimate of drug-likeness (QED) is 0.762. The van der Waals surface area contributed by atoms with E-state index in [4.69, 9.17) is 4.74 Å². The van der Waals surface area contributed by atoms with Crippen molar-refractivity contribution < 1.29 is 4.74 Å². The molecule has 0 radical (unpaired) electrons. The average molecular weight is 327 g/mol. The van der Waals surface area contributed by atoms with E-state index in [2.05, 4.69) is 52.6 Å². The van der Waals surface area contributed by atoms with Gasteiger partial charge in [0.1, 0.15) is 0 Å². The first-order valence-electron chi connectivity index (χ1n) is 9.31. The molecule has 2 aliphatic heterocycles. The number of benzene rings is 1. The lowest BCUT2D eigenvalue weighted by Gasteiger charge is -2.32. The molecule has 4 rings (SSSR count). The number of ether oxygens (including phenoxy) is 1. The molecule has 130 valence electrons. The Balaban J connectivity index is 1.46. The Morgan fingerprint density at radius 3 is 2.62 bits per heavy atom. The van der Waals surface area contributed by atoms with Crippen molar-refractivity contribution in [3.63, 3.8) is 0 Å². The zero-order valence-electron chi connectivity index (χ0n) is 15.0. The van der Waals surface area contributed by atoms with Gasteiger partial charge in [0.15, 0.2) is 0 Å². The highest BCUT2D eigenvalue weighted by atomic mass is 16.6. The second kappa shape index (κ2) is 6.87. The number of aryl methyl sites for hydroxylation is 1. The van der Waals surface area contributed by atoms with E-state index >= 15 is 0 Å². The Morgan fingerprint density at radius 1 is 1.12 bits per heavy atom. The Morgan fingerprint density at radius 2 is 1.88 bits per heavy atom. The molecule has 0 bridgehead atoms. The van der Waals surface area contributed by atoms with Crippen LogP contribution in [-0.2, 0) is 17.7 Å². The molecule has 0 spiro atoms. The average Bonchev–Trinajstić information content (AvgIpc) is 3.38. The number of piperazine rings is 1. The van der Waals surface area contributed by atoms with Crippen LogP contribution in [0.2, 0.25) is 0 Å². The summed E-state index contributed by atoms with van der Waals surface area (Å²) in [5.41, 5.74) is 4.35. The van der Waals surface area contributed by atoms with E-state index in [1.807, 2.05) is 0 Å². The van der Waals surface area contributed by atoms with Gasteiger partial charge in [0.05, 0.1) is 19.3 Å². The van der Waals surface area contributed by atoms with Crippen molar-refractivity contribution in [2.75, 3.05) is 46.4 Å². The molecule has 2 aromatic rings. The first-order valence-corrected chi connectivity index (χ1v) is 9.31. The van der Waals surface area contributed by atoms with Gasteiger partial charge in [-0.3, -0.25) is 0 Å². The molecule has 1 unspecified atom stereocenters. The van der Waals surface area contributed by atoms with Crippen LogP contribution in [0.5, 0.6) is 0 Å². The highest BCUT2D eigenvalue weighted by Crippen LogP contribution is 2.29. The fourth-order valence-electron chi connectivity index (χ4n) is 3.98. The maximum absolute atomic E-state index is 5.46. The number of fused-ring (bicyclic) bond motifs is 1. The minimum Gasteiger partial charge on any atom is -0.371 e. The minimum atomic E-state index is 0.428. The number of aromatic nitrogens is 1. The minimum absolute atomic E-state index is 0.428. The zero-order chi connectivity index (χ0) is 16.5. The second-order valence-corrected chi connectivity index (χ2v) is 7.40. The zero-order valence-corrected chi connectivity index (χ0v) is 15.0. The Hall–Kier alpha value is -1.36. The van der Waals surface area contributed by atoms with Gasteiger partial charge >= 0.3 is 0 Å². The van der Waals surface area contributed by atoms with Crippen LogP contribution < -0.4 is 0 Å². The van der Waals surface area contributed by atoms with Gasteiger partial charge in [-0.2, -0.15) is 0 Å². The van der Waals surface area contributed by atoms with E-state index in [-0.39, 0.29) is 0 Å². The molecule has 2 saturated heterocycles. The van der Waals surface area contributed by atoms with Crippen LogP contribution in [0, 0.1) is 6.92 Å². The summed E-state index contributed by atoms with van der Waals surface area (Å²) < 4.78 is 7.93. The van der Waals surface area contributed by atoms with E-state index in [1.54, 1.807) is 5.56 Å². The lowest BCUT2D eigenvalue weighted by molar-refractivity contribution is 0.153. The fourth-order valence-corrected chi connectivity index (χ4v) is 3.98. The van der Waals surface area contributed by atoms with Crippen molar-refractivity contribution >= 4 is 10.9 Å². The molecule has 0 N–H and O–H groups in total. The van der Waals surface area contributed by atoms with Gasteiger partial charge in [-0.1, -0.05) is 18.2 Å². The third kappa shape index (κ3) is 3.37. The molecule has 3 heterocycles. The van der Waals surface area contributed by atoms with Crippen molar-refractivity contribution in [3.8, 4) is 0 Å². The SMILES string of the molecule is Cc1c(CCCN2CCN(C)CC2)c2ccccc2n1CC1CO1. The van der Waals surface area contributed by atoms with E-state index in [1.165, 1.54) is 62.2 Å². The van der Waals surface area contributed by atoms with Gasteiger partial charge in [0, 0.05) is 42.8 Å². The number of rotatable bonds is 6. The maximum Gasteiger partial charge on any atom is 0.0988 e. The van der Waals surface area contributed by atoms with Crippen molar-refractivity contribution in [2.45, 2.75) is 32.4 Å². The van der Waals surface area contributed by atoms with Crippen molar-refractivity contribution in [2.24, 2.45) is 0 Å². The predicted molar refractivity (Wildman–Crippen MR) is 98.7 cm³/mol. The lowest BCUT2D eigenvalue weighted by Crippen LogP contribution is -2.44. The standard InChI is InChI=1S/C20H29N3O/c1-16-18(7-5-9-22-12-10-21(2)11-13-22)19-6-3-4-8-20(19)23(16)14-17-15-24-17/h3-4,6,8,17H,5,7,9-15H2,1-2H3. The summed E-state index contributed by atoms with van der Waals surface area (Å²) in [5.74, 6) is 0. The summed E-state index contributed by atoms with van der Waals surface area (Å²) in [6.07, 6.45) is 2.85. The topological polar surface area (TPSA) is 23.9 Å². The van der Waals surface area contributed by atoms with Crippen LogP contribution in [0.4, 0.5) is 0 Å². The largest absolute Gasteiger partial charge is 0.371 e. The highest BCUT2D eigenvalue weighted by Gasteiger charge is 2.25. The van der Waals surface area contributed by atoms with Crippen molar-refractivity contribution in [1.29, 1.82) is 0 Å². The smallest absolute Gasteiger partial charge is 0.0988 e. The lowest BCUT2D eigenvalue weighted by atomic mass is 10.1. The summed E-state index contributed by atoms with van der Waals surface area (Å²) in [7, 11) is 2.22. The predicted octanol–water partition coefficient (Wildman–Crippen LogP) is 2.53. The van der Waals surface area contributed by atoms with Gasteiger partial charge < -0.3 is 19.1 Å². The monoisotopic (exact) mass is 327 g/mol. The fraction of sp³-hybridized carbons (Fsp3) is 0.600. The number of epoxide rings is 1. The van der Waals surface area contributed by atoms with Crippen LogP contribution in [0.3, 0.4) is 0 Å². The maximum atomic E-state index is 5.46. The van der Waals surface area contributed by atoms with E-state index in [0.29, 0.717) is 6.10 Å². The highest BCUT2D eigenvalue weighted by molar-refractivity contribution is 5.85. The molecular formula is C20H29N3O. The van der Waals surface area contributed by atoms with Gasteiger partial charge in [-0.25, -0.2) is 0 Å². The Bertz CT molecular complexity index is 696. The summed E-state index contributed by atoms with van der Waals surface area (Å²) >= 11 is 0. The molecule has 0 saturated carbocycles. The van der Waals surface area contributed by atoms with Gasteiger partial charge in [0.2, 0.25) is 0 Å². The summed E-state index contributed by atoms with van der Waals surface area (Å²) in [6, 6.07) is 8.87. The number of para-hydroxylation sites is 1. The van der Waals surface area contributed by atoms with Crippen LogP contribution in [0.15, 0.2) is 24.3 Å². The number of hydrogen-bond donors (Lipinski definition) is 0. The van der Waals surface area contributed by atoms with E-state index < -0.39 is 0 Å². The molecule has 1 atom stereocenters. The number of nitrogens with zero attached hydrogens (tertiary/aromatic N) is 3. The summed E-state index contributed by atoms with van der Waals surface area (Å²) in [6.45, 7) is 10.3. The van der Waals surface area contributed by atoms with Gasteiger partial charge in [-0.15, -0.1) is 0 Å². The summed E-state index contributed by atoms with van der Waals surface area (Å²) in [4.78, 5) is 5.04. The first kappa shape index (κ1) is 16.1. The molecule has 24 heavy (non-hydrogen) atoms. The molecule has 4 nitrogen and oxygen atoms in total. The van der Waals surface area contributed by atoms with E-state index in [9.17, 15) is 0 Å². The Labute approximate surface area is 145 Å². The summed E-state index contributed by atoms with van der Waals surface area (Å²) in [5, 5.41) is 1.44. The first-order chi connectivity index (χ1) is 11.7. The molecule has 2 fully saturated rings. The van der Waals surface area contributed by atoms with Crippen LogP contribution in [0.25, 0.3) is 10.9 Å². The van der Waals surface area contributed by atoms with Gasteiger partial charge in [0.25, 0.3) is 0 Å². The normalized spacial score (nSPS) is 22.3. The molecule has 1 aromatic carbocycles. The molecule has 4 heteroatoms. The van der Waals surface area contributed by atoms with Crippen LogP contribution in [0.1, 0.15) is 17.7 Å². The van der Waals surface area contributed by atoms with Crippen molar-refractivity contribution in [1.82, 2.24) is 14.4 Å². The van der Waals surface area contributed by atoms with Crippen molar-refractivity contribution in [3.05, 3.63) is 35.5 Å². The molecule has 0 aliphatic carbocycles. The third-order valence-corrected chi connectivity index (χ3v) is 5.65. The third-order valence-electron chi connectivity index (χ3n) is 5.65. The molecule has 2 aliphatic rings. The number of likely N-dealkylation sites (N-methyl/N-ethyl adjacent to an activating group) is 1. The Kier molecular flexibility index (Phi) is 4.61. The molecular weight excluding hydrogens is 298 g/mol. The second-order valence-electron chi connectivity index (χ2n) is 7.40. The van der Waals surface area contributed by atoms with Crippen LogP contribution >= 0.6 is 0 Å². The van der Waals surface area contributed by atoms with E-state index in [0.717, 1.165) is 13.2 Å². The van der Waals surface area contributed by atoms with Gasteiger partial charge in [-0.05, 0) is 45.0 Å². The van der Waals surface area contributed by atoms with Crippen LogP contribution in [-0.4, -0.2) is 66.8 Å². The molecule has 1 aromatic heterocycles.